The summed E-state index contributed by atoms with van der Waals surface area (Å²) >= 11 is 11.7. The summed E-state index contributed by atoms with van der Waals surface area (Å²) in [6.07, 6.45) is 1.23. The Hall–Kier alpha value is -3.10. The summed E-state index contributed by atoms with van der Waals surface area (Å²) in [7, 11) is 1.36. The maximum absolute atomic E-state index is 12.8. The second kappa shape index (κ2) is 7.87. The Morgan fingerprint density at radius 3 is 2.57 bits per heavy atom. The Morgan fingerprint density at radius 1 is 1.25 bits per heavy atom. The van der Waals surface area contributed by atoms with Crippen molar-refractivity contribution in [3.05, 3.63) is 84.7 Å². The topological polar surface area (TPSA) is 114 Å². The highest BCUT2D eigenvalue weighted by Crippen LogP contribution is 2.23. The Balaban J connectivity index is 2.04. The molecule has 0 aliphatic carbocycles. The van der Waals surface area contributed by atoms with Crippen LogP contribution in [0.4, 0.5) is 11.5 Å². The van der Waals surface area contributed by atoms with E-state index in [1.807, 2.05) is 30.3 Å². The molecular formula is C18H15Cl2N5O3. The predicted molar refractivity (Wildman–Crippen MR) is 108 cm³/mol. The lowest BCUT2D eigenvalue weighted by Crippen LogP contribution is -2.39. The number of aromatic amines is 1. The number of H-pyrrole nitrogens is 1. The lowest BCUT2D eigenvalue weighted by atomic mass is 10.2. The Morgan fingerprint density at radius 2 is 1.93 bits per heavy atom. The van der Waals surface area contributed by atoms with Gasteiger partial charge in [-0.3, -0.25) is 19.1 Å². The van der Waals surface area contributed by atoms with Crippen LogP contribution < -0.4 is 21.9 Å². The molecule has 0 bridgehead atoms. The number of hydrogen-bond donors (Lipinski definition) is 2. The molecule has 0 radical (unpaired) electrons. The molecule has 0 saturated carbocycles. The third-order valence-electron chi connectivity index (χ3n) is 4.08. The van der Waals surface area contributed by atoms with Crippen molar-refractivity contribution in [2.75, 3.05) is 17.7 Å². The van der Waals surface area contributed by atoms with Gasteiger partial charge in [-0.15, -0.1) is 0 Å². The first-order valence-electron chi connectivity index (χ1n) is 8.05. The number of amides is 1. The Bertz CT molecular complexity index is 1160. The maximum atomic E-state index is 12.8. The quantitative estimate of drug-likeness (QED) is 0.628. The van der Waals surface area contributed by atoms with Crippen LogP contribution in [-0.2, 0) is 6.54 Å². The minimum Gasteiger partial charge on any atom is -0.383 e. The van der Waals surface area contributed by atoms with Crippen molar-refractivity contribution in [1.82, 2.24) is 14.5 Å². The second-order valence-corrected chi connectivity index (χ2v) is 6.69. The number of carbonyl (C=O) groups excluding carboxylic acids is 1. The molecule has 0 atom stereocenters. The van der Waals surface area contributed by atoms with E-state index in [2.05, 4.69) is 9.97 Å². The van der Waals surface area contributed by atoms with E-state index in [0.717, 1.165) is 10.5 Å². The average molecular weight is 420 g/mol. The van der Waals surface area contributed by atoms with Crippen LogP contribution in [0.15, 0.2) is 52.2 Å². The van der Waals surface area contributed by atoms with Gasteiger partial charge in [0.25, 0.3) is 11.5 Å². The van der Waals surface area contributed by atoms with Crippen LogP contribution in [0.25, 0.3) is 0 Å². The van der Waals surface area contributed by atoms with Crippen LogP contribution in [0.2, 0.25) is 10.2 Å². The number of hydrogen-bond acceptors (Lipinski definition) is 5. The zero-order valence-electron chi connectivity index (χ0n) is 14.6. The summed E-state index contributed by atoms with van der Waals surface area (Å²) < 4.78 is 1.18. The summed E-state index contributed by atoms with van der Waals surface area (Å²) in [6, 6.07) is 10.4. The molecule has 0 aliphatic heterocycles. The van der Waals surface area contributed by atoms with Crippen molar-refractivity contribution in [2.45, 2.75) is 6.54 Å². The molecule has 1 aromatic carbocycles. The number of benzene rings is 1. The number of nitrogens with one attached hydrogen (secondary N) is 1. The smallest absolute Gasteiger partial charge is 0.330 e. The van der Waals surface area contributed by atoms with Crippen LogP contribution in [0.1, 0.15) is 15.9 Å². The monoisotopic (exact) mass is 419 g/mol. The molecule has 2 heterocycles. The van der Waals surface area contributed by atoms with Gasteiger partial charge in [0.15, 0.2) is 5.69 Å². The predicted octanol–water partition coefficient (Wildman–Crippen LogP) is 2.15. The van der Waals surface area contributed by atoms with Crippen molar-refractivity contribution in [1.29, 1.82) is 0 Å². The first kappa shape index (κ1) is 19.7. The third kappa shape index (κ3) is 3.78. The largest absolute Gasteiger partial charge is 0.383 e. The molecule has 10 heteroatoms. The van der Waals surface area contributed by atoms with Crippen molar-refractivity contribution < 1.29 is 4.79 Å². The van der Waals surface area contributed by atoms with Gasteiger partial charge in [-0.2, -0.15) is 0 Å². The molecule has 1 amide bonds. The van der Waals surface area contributed by atoms with Gasteiger partial charge in [-0.25, -0.2) is 9.78 Å². The third-order valence-corrected chi connectivity index (χ3v) is 4.77. The molecular weight excluding hydrogens is 405 g/mol. The van der Waals surface area contributed by atoms with Crippen LogP contribution >= 0.6 is 23.2 Å². The lowest BCUT2D eigenvalue weighted by molar-refractivity contribution is 0.0992. The minimum absolute atomic E-state index is 0.0506. The molecule has 0 spiro atoms. The van der Waals surface area contributed by atoms with Gasteiger partial charge < -0.3 is 10.6 Å². The van der Waals surface area contributed by atoms with E-state index in [4.69, 9.17) is 28.9 Å². The first-order valence-corrected chi connectivity index (χ1v) is 8.80. The van der Waals surface area contributed by atoms with E-state index in [9.17, 15) is 14.4 Å². The molecule has 144 valence electrons. The first-order chi connectivity index (χ1) is 13.3. The fourth-order valence-corrected chi connectivity index (χ4v) is 2.93. The van der Waals surface area contributed by atoms with Gasteiger partial charge in [0.2, 0.25) is 0 Å². The summed E-state index contributed by atoms with van der Waals surface area (Å²) in [4.78, 5) is 44.4. The van der Waals surface area contributed by atoms with Crippen molar-refractivity contribution in [2.24, 2.45) is 0 Å². The normalized spacial score (nSPS) is 10.7. The fraction of sp³-hybridized carbons (Fsp3) is 0.111. The van der Waals surface area contributed by atoms with Gasteiger partial charge in [0.05, 0.1) is 17.1 Å². The summed E-state index contributed by atoms with van der Waals surface area (Å²) in [5, 5.41) is 0.145. The number of nitrogens with two attached hydrogens (primary N) is 1. The van der Waals surface area contributed by atoms with E-state index < -0.39 is 17.2 Å². The lowest BCUT2D eigenvalue weighted by Gasteiger charge is -2.20. The van der Waals surface area contributed by atoms with Gasteiger partial charge in [-0.1, -0.05) is 53.5 Å². The van der Waals surface area contributed by atoms with Crippen molar-refractivity contribution >= 4 is 40.6 Å². The zero-order chi connectivity index (χ0) is 20.4. The summed E-state index contributed by atoms with van der Waals surface area (Å²) in [5.74, 6) is -0.727. The SMILES string of the molecule is CN(C(=O)c1cnc(Cl)c(Cl)c1)c1c(N)n(Cc2ccccc2)c(=O)[nH]c1=O. The van der Waals surface area contributed by atoms with E-state index in [1.54, 1.807) is 0 Å². The number of halogens is 2. The van der Waals surface area contributed by atoms with Crippen LogP contribution in [0.5, 0.6) is 0 Å². The minimum atomic E-state index is -0.782. The van der Waals surface area contributed by atoms with Crippen molar-refractivity contribution in [3.63, 3.8) is 0 Å². The summed E-state index contributed by atoms with van der Waals surface area (Å²) in [5.41, 5.74) is 5.38. The average Bonchev–Trinajstić information content (AvgIpc) is 2.67. The number of pyridine rings is 1. The Kier molecular flexibility index (Phi) is 5.53. The number of carbonyl (C=O) groups is 1. The van der Waals surface area contributed by atoms with Crippen LogP contribution in [0, 0.1) is 0 Å². The second-order valence-electron chi connectivity index (χ2n) is 5.93. The van der Waals surface area contributed by atoms with Gasteiger partial charge in [0, 0.05) is 13.2 Å². The molecule has 3 N–H and O–H groups in total. The van der Waals surface area contributed by atoms with E-state index >= 15 is 0 Å². The molecule has 3 rings (SSSR count). The molecule has 0 aliphatic rings. The number of anilines is 2. The molecule has 0 saturated heterocycles. The molecule has 28 heavy (non-hydrogen) atoms. The highest BCUT2D eigenvalue weighted by Gasteiger charge is 2.23. The zero-order valence-corrected chi connectivity index (χ0v) is 16.2. The molecule has 2 aromatic heterocycles. The van der Waals surface area contributed by atoms with Gasteiger partial charge in [-0.05, 0) is 11.6 Å². The van der Waals surface area contributed by atoms with Crippen LogP contribution in [0.3, 0.4) is 0 Å². The Labute approximate surface area is 169 Å². The number of nitrogen functional groups attached to an aromatic ring is 1. The molecule has 3 aromatic rings. The summed E-state index contributed by atoms with van der Waals surface area (Å²) in [6.45, 7) is 0.131. The van der Waals surface area contributed by atoms with Gasteiger partial charge >= 0.3 is 5.69 Å². The number of aromatic nitrogens is 3. The fourth-order valence-electron chi connectivity index (χ4n) is 2.66. The maximum Gasteiger partial charge on any atom is 0.330 e. The van der Waals surface area contributed by atoms with Crippen LogP contribution in [-0.4, -0.2) is 27.5 Å². The molecule has 8 nitrogen and oxygen atoms in total. The number of nitrogens with zero attached hydrogens (tertiary/aromatic N) is 3. The molecule has 0 unspecified atom stereocenters. The highest BCUT2D eigenvalue weighted by molar-refractivity contribution is 6.41. The van der Waals surface area contributed by atoms with E-state index in [-0.39, 0.29) is 33.8 Å². The molecule has 0 fully saturated rings. The van der Waals surface area contributed by atoms with E-state index in [1.165, 1.54) is 23.9 Å². The van der Waals surface area contributed by atoms with E-state index in [0.29, 0.717) is 0 Å². The highest BCUT2D eigenvalue weighted by atomic mass is 35.5. The number of rotatable bonds is 4. The van der Waals surface area contributed by atoms with Gasteiger partial charge in [0.1, 0.15) is 11.0 Å². The van der Waals surface area contributed by atoms with Crippen molar-refractivity contribution in [3.8, 4) is 0 Å². The standard InChI is InChI=1S/C18H15Cl2N5O3/c1-24(17(27)11-7-12(19)14(20)22-8-11)13-15(21)25(18(28)23-16(13)26)9-10-5-3-2-4-6-10/h2-8H,9,21H2,1H3,(H,23,26,28).